The van der Waals surface area contributed by atoms with E-state index in [1.807, 2.05) is 42.1 Å². The Morgan fingerprint density at radius 2 is 2.11 bits per heavy atom. The monoisotopic (exact) mass is 277 g/mol. The molecule has 1 aromatic carbocycles. The first-order valence-corrected chi connectivity index (χ1v) is 7.54. The molecule has 1 N–H and O–H groups in total. The van der Waals surface area contributed by atoms with Crippen LogP contribution in [0.1, 0.15) is 32.0 Å². The quantitative estimate of drug-likeness (QED) is 0.836. The number of nitrogens with zero attached hydrogens (tertiary/aromatic N) is 2. The minimum absolute atomic E-state index is 0.561. The first-order chi connectivity index (χ1) is 9.28. The average molecular weight is 277 g/mol. The van der Waals surface area contributed by atoms with Gasteiger partial charge in [-0.1, -0.05) is 37.2 Å². The summed E-state index contributed by atoms with van der Waals surface area (Å²) in [4.78, 5) is 4.37. The Kier molecular flexibility index (Phi) is 5.27. The summed E-state index contributed by atoms with van der Waals surface area (Å²) in [5.74, 6) is 2.21. The number of anilines is 1. The van der Waals surface area contributed by atoms with E-state index in [4.69, 9.17) is 4.52 Å². The molecule has 0 saturated heterocycles. The van der Waals surface area contributed by atoms with Crippen molar-refractivity contribution < 1.29 is 4.52 Å². The molecule has 0 spiro atoms. The van der Waals surface area contributed by atoms with Crippen molar-refractivity contribution in [1.29, 1.82) is 0 Å². The number of nitrogens with one attached hydrogen (secondary N) is 1. The topological polar surface area (TPSA) is 51.0 Å². The molecule has 1 aromatic heterocycles. The summed E-state index contributed by atoms with van der Waals surface area (Å²) in [5.41, 5.74) is 1.05. The van der Waals surface area contributed by atoms with Crippen molar-refractivity contribution in [2.45, 2.75) is 37.8 Å². The molecule has 0 aliphatic rings. The maximum absolute atomic E-state index is 5.22. The molecular formula is C14H19N3OS. The van der Waals surface area contributed by atoms with Gasteiger partial charge in [-0.05, 0) is 18.6 Å². The standard InChI is InChI=1S/C14H19N3OS/c1-3-11(2)19-10-13-16-14(18-17-13)9-15-12-7-5-4-6-8-12/h4-8,11,15H,3,9-10H2,1-2H3. The Hall–Kier alpha value is -1.49. The van der Waals surface area contributed by atoms with Crippen LogP contribution >= 0.6 is 11.8 Å². The van der Waals surface area contributed by atoms with Crippen molar-refractivity contribution >= 4 is 17.4 Å². The van der Waals surface area contributed by atoms with E-state index in [-0.39, 0.29) is 0 Å². The molecule has 2 aromatic rings. The zero-order chi connectivity index (χ0) is 13.5. The van der Waals surface area contributed by atoms with Crippen LogP contribution < -0.4 is 5.32 Å². The molecular weight excluding hydrogens is 258 g/mol. The molecule has 5 heteroatoms. The molecule has 2 rings (SSSR count). The first kappa shape index (κ1) is 13.9. The maximum atomic E-state index is 5.22. The second-order valence-corrected chi connectivity index (χ2v) is 5.78. The zero-order valence-electron chi connectivity index (χ0n) is 11.3. The second kappa shape index (κ2) is 7.19. The fourth-order valence-corrected chi connectivity index (χ4v) is 2.28. The lowest BCUT2D eigenvalue weighted by Gasteiger charge is -2.04. The van der Waals surface area contributed by atoms with Gasteiger partial charge in [0.05, 0.1) is 12.3 Å². The SMILES string of the molecule is CCC(C)SCc1noc(CNc2ccccc2)n1. The average Bonchev–Trinajstić information content (AvgIpc) is 2.91. The van der Waals surface area contributed by atoms with Gasteiger partial charge in [0, 0.05) is 10.9 Å². The zero-order valence-corrected chi connectivity index (χ0v) is 12.1. The van der Waals surface area contributed by atoms with Gasteiger partial charge in [0.1, 0.15) is 0 Å². The Bertz CT molecular complexity index is 486. The minimum atomic E-state index is 0.561. The Morgan fingerprint density at radius 1 is 1.32 bits per heavy atom. The highest BCUT2D eigenvalue weighted by molar-refractivity contribution is 7.99. The van der Waals surface area contributed by atoms with Crippen LogP contribution in [-0.4, -0.2) is 15.4 Å². The van der Waals surface area contributed by atoms with Gasteiger partial charge in [0.25, 0.3) is 0 Å². The number of hydrogen-bond acceptors (Lipinski definition) is 5. The third-order valence-corrected chi connectivity index (χ3v) is 4.13. The summed E-state index contributed by atoms with van der Waals surface area (Å²) >= 11 is 1.85. The number of para-hydroxylation sites is 1. The number of aromatic nitrogens is 2. The van der Waals surface area contributed by atoms with E-state index in [1.165, 1.54) is 0 Å². The molecule has 0 aliphatic heterocycles. The number of thioether (sulfide) groups is 1. The Morgan fingerprint density at radius 3 is 2.84 bits per heavy atom. The van der Waals surface area contributed by atoms with Crippen LogP contribution in [0.25, 0.3) is 0 Å². The van der Waals surface area contributed by atoms with E-state index in [1.54, 1.807) is 0 Å². The van der Waals surface area contributed by atoms with E-state index < -0.39 is 0 Å². The summed E-state index contributed by atoms with van der Waals surface area (Å²) in [6.45, 7) is 4.96. The van der Waals surface area contributed by atoms with Gasteiger partial charge >= 0.3 is 0 Å². The molecule has 1 unspecified atom stereocenters. The highest BCUT2D eigenvalue weighted by atomic mass is 32.2. The summed E-state index contributed by atoms with van der Waals surface area (Å²) in [7, 11) is 0. The van der Waals surface area contributed by atoms with Gasteiger partial charge in [-0.15, -0.1) is 0 Å². The van der Waals surface area contributed by atoms with Crippen LogP contribution in [0.2, 0.25) is 0 Å². The molecule has 0 fully saturated rings. The molecule has 19 heavy (non-hydrogen) atoms. The van der Waals surface area contributed by atoms with Crippen LogP contribution in [0.15, 0.2) is 34.9 Å². The van der Waals surface area contributed by atoms with Gasteiger partial charge in [-0.3, -0.25) is 0 Å². The third kappa shape index (κ3) is 4.59. The van der Waals surface area contributed by atoms with Crippen molar-refractivity contribution in [3.63, 3.8) is 0 Å². The predicted molar refractivity (Wildman–Crippen MR) is 79.1 cm³/mol. The maximum Gasteiger partial charge on any atom is 0.245 e. The molecule has 102 valence electrons. The Labute approximate surface area is 118 Å². The van der Waals surface area contributed by atoms with E-state index in [0.717, 1.165) is 23.7 Å². The Balaban J connectivity index is 1.81. The fraction of sp³-hybridized carbons (Fsp3) is 0.429. The summed E-state index contributed by atoms with van der Waals surface area (Å²) < 4.78 is 5.22. The van der Waals surface area contributed by atoms with Gasteiger partial charge in [0.2, 0.25) is 5.89 Å². The van der Waals surface area contributed by atoms with Gasteiger partial charge in [-0.25, -0.2) is 0 Å². The molecule has 4 nitrogen and oxygen atoms in total. The first-order valence-electron chi connectivity index (χ1n) is 6.50. The smallest absolute Gasteiger partial charge is 0.245 e. The lowest BCUT2D eigenvalue weighted by atomic mass is 10.3. The minimum Gasteiger partial charge on any atom is -0.376 e. The normalized spacial score (nSPS) is 12.3. The number of benzene rings is 1. The van der Waals surface area contributed by atoms with Crippen LogP contribution in [-0.2, 0) is 12.3 Å². The number of rotatable bonds is 7. The summed E-state index contributed by atoms with van der Waals surface area (Å²) in [5, 5.41) is 7.86. The van der Waals surface area contributed by atoms with E-state index in [9.17, 15) is 0 Å². The lowest BCUT2D eigenvalue weighted by molar-refractivity contribution is 0.379. The van der Waals surface area contributed by atoms with Gasteiger partial charge in [0.15, 0.2) is 5.82 Å². The van der Waals surface area contributed by atoms with Crippen molar-refractivity contribution in [2.75, 3.05) is 5.32 Å². The summed E-state index contributed by atoms with van der Waals surface area (Å²) in [6, 6.07) is 9.99. The lowest BCUT2D eigenvalue weighted by Crippen LogP contribution is -1.99. The van der Waals surface area contributed by atoms with Crippen LogP contribution in [0.5, 0.6) is 0 Å². The van der Waals surface area contributed by atoms with Crippen LogP contribution in [0.4, 0.5) is 5.69 Å². The molecule has 0 amide bonds. The molecule has 1 heterocycles. The van der Waals surface area contributed by atoms with Crippen LogP contribution in [0, 0.1) is 0 Å². The number of hydrogen-bond donors (Lipinski definition) is 1. The molecule has 0 bridgehead atoms. The van der Waals surface area contributed by atoms with Crippen molar-refractivity contribution in [3.05, 3.63) is 42.0 Å². The third-order valence-electron chi connectivity index (χ3n) is 2.80. The molecule has 0 radical (unpaired) electrons. The van der Waals surface area contributed by atoms with Gasteiger partial charge in [-0.2, -0.15) is 16.7 Å². The van der Waals surface area contributed by atoms with Crippen molar-refractivity contribution in [2.24, 2.45) is 0 Å². The van der Waals surface area contributed by atoms with Crippen molar-refractivity contribution in [1.82, 2.24) is 10.1 Å². The molecule has 0 aliphatic carbocycles. The highest BCUT2D eigenvalue weighted by Crippen LogP contribution is 2.18. The van der Waals surface area contributed by atoms with E-state index in [2.05, 4.69) is 29.3 Å². The van der Waals surface area contributed by atoms with E-state index >= 15 is 0 Å². The largest absolute Gasteiger partial charge is 0.376 e. The second-order valence-electron chi connectivity index (χ2n) is 4.35. The van der Waals surface area contributed by atoms with E-state index in [0.29, 0.717) is 17.7 Å². The highest BCUT2D eigenvalue weighted by Gasteiger charge is 2.08. The molecule has 1 atom stereocenters. The van der Waals surface area contributed by atoms with Crippen molar-refractivity contribution in [3.8, 4) is 0 Å². The van der Waals surface area contributed by atoms with Gasteiger partial charge < -0.3 is 9.84 Å². The predicted octanol–water partition coefficient (Wildman–Crippen LogP) is 3.71. The summed E-state index contributed by atoms with van der Waals surface area (Å²) in [6.07, 6.45) is 1.16. The fourth-order valence-electron chi connectivity index (χ4n) is 1.49. The van der Waals surface area contributed by atoms with Crippen LogP contribution in [0.3, 0.4) is 0 Å². The molecule has 0 saturated carbocycles.